The van der Waals surface area contributed by atoms with E-state index in [1.807, 2.05) is 13.0 Å². The fraction of sp³-hybridized carbons (Fsp3) is 0.571. The Kier molecular flexibility index (Phi) is 4.40. The number of benzene rings is 1. The molecular formula is C14H22N2O. The number of likely N-dealkylation sites (tertiary alicyclic amines) is 1. The van der Waals surface area contributed by atoms with Gasteiger partial charge in [-0.05, 0) is 38.4 Å². The van der Waals surface area contributed by atoms with Gasteiger partial charge in [-0.15, -0.1) is 0 Å². The van der Waals surface area contributed by atoms with Gasteiger partial charge in [0.05, 0.1) is 6.61 Å². The van der Waals surface area contributed by atoms with E-state index in [-0.39, 0.29) is 0 Å². The summed E-state index contributed by atoms with van der Waals surface area (Å²) < 4.78 is 5.65. The average molecular weight is 234 g/mol. The molecule has 1 aliphatic heterocycles. The Morgan fingerprint density at radius 1 is 1.41 bits per heavy atom. The van der Waals surface area contributed by atoms with E-state index in [4.69, 9.17) is 10.5 Å². The van der Waals surface area contributed by atoms with Crippen molar-refractivity contribution >= 4 is 0 Å². The van der Waals surface area contributed by atoms with Crippen LogP contribution in [-0.2, 0) is 6.54 Å². The molecule has 17 heavy (non-hydrogen) atoms. The van der Waals surface area contributed by atoms with Gasteiger partial charge in [-0.1, -0.05) is 18.2 Å². The van der Waals surface area contributed by atoms with E-state index in [2.05, 4.69) is 23.1 Å². The summed E-state index contributed by atoms with van der Waals surface area (Å²) in [6.45, 7) is 6.81. The summed E-state index contributed by atoms with van der Waals surface area (Å²) in [6, 6.07) is 8.31. The zero-order chi connectivity index (χ0) is 12.1. The van der Waals surface area contributed by atoms with Gasteiger partial charge in [0.1, 0.15) is 5.75 Å². The van der Waals surface area contributed by atoms with Crippen LogP contribution in [0.5, 0.6) is 5.75 Å². The minimum absolute atomic E-state index is 0.675. The summed E-state index contributed by atoms with van der Waals surface area (Å²) in [5.74, 6) is 1.69. The quantitative estimate of drug-likeness (QED) is 0.845. The van der Waals surface area contributed by atoms with E-state index >= 15 is 0 Å². The van der Waals surface area contributed by atoms with E-state index in [9.17, 15) is 0 Å². The third kappa shape index (κ3) is 3.20. The molecule has 0 saturated carbocycles. The standard InChI is InChI=1S/C14H22N2O/c1-2-17-14-6-4-3-5-13(14)11-16-8-7-12(9-15)10-16/h3-6,12H,2,7-11,15H2,1H3. The molecule has 0 amide bonds. The average Bonchev–Trinajstić information content (AvgIpc) is 2.80. The number of hydrogen-bond acceptors (Lipinski definition) is 3. The minimum atomic E-state index is 0.675. The predicted octanol–water partition coefficient (Wildman–Crippen LogP) is 1.87. The fourth-order valence-corrected chi connectivity index (χ4v) is 2.42. The molecule has 1 aliphatic rings. The van der Waals surface area contributed by atoms with Crippen LogP contribution < -0.4 is 10.5 Å². The second-order valence-electron chi connectivity index (χ2n) is 4.67. The zero-order valence-electron chi connectivity index (χ0n) is 10.6. The number of rotatable bonds is 5. The summed E-state index contributed by atoms with van der Waals surface area (Å²) in [5, 5.41) is 0. The lowest BCUT2D eigenvalue weighted by molar-refractivity contribution is 0.297. The minimum Gasteiger partial charge on any atom is -0.494 e. The Hall–Kier alpha value is -1.06. The van der Waals surface area contributed by atoms with Crippen LogP contribution in [0.25, 0.3) is 0 Å². The Labute approximate surface area is 104 Å². The number of nitrogens with two attached hydrogens (primary N) is 1. The van der Waals surface area contributed by atoms with Crippen LogP contribution in [0.4, 0.5) is 0 Å². The molecule has 1 heterocycles. The Morgan fingerprint density at radius 2 is 2.24 bits per heavy atom. The van der Waals surface area contributed by atoms with Crippen LogP contribution in [0.3, 0.4) is 0 Å². The summed E-state index contributed by atoms with van der Waals surface area (Å²) in [6.07, 6.45) is 1.23. The van der Waals surface area contributed by atoms with E-state index in [1.54, 1.807) is 0 Å². The highest BCUT2D eigenvalue weighted by Gasteiger charge is 2.21. The van der Waals surface area contributed by atoms with Gasteiger partial charge in [0, 0.05) is 18.7 Å². The van der Waals surface area contributed by atoms with E-state index in [0.717, 1.165) is 38.5 Å². The second-order valence-corrected chi connectivity index (χ2v) is 4.67. The van der Waals surface area contributed by atoms with E-state index in [0.29, 0.717) is 5.92 Å². The van der Waals surface area contributed by atoms with Gasteiger partial charge in [0.15, 0.2) is 0 Å². The molecule has 2 rings (SSSR count). The van der Waals surface area contributed by atoms with E-state index in [1.165, 1.54) is 12.0 Å². The van der Waals surface area contributed by atoms with Crippen molar-refractivity contribution < 1.29 is 4.74 Å². The molecule has 1 aromatic rings. The third-order valence-corrected chi connectivity index (χ3v) is 3.37. The topological polar surface area (TPSA) is 38.5 Å². The van der Waals surface area contributed by atoms with Crippen LogP contribution in [0.15, 0.2) is 24.3 Å². The first-order chi connectivity index (χ1) is 8.33. The van der Waals surface area contributed by atoms with Crippen LogP contribution in [-0.4, -0.2) is 31.1 Å². The molecular weight excluding hydrogens is 212 g/mol. The zero-order valence-corrected chi connectivity index (χ0v) is 10.6. The van der Waals surface area contributed by atoms with Gasteiger partial charge in [0.2, 0.25) is 0 Å². The molecule has 1 aromatic carbocycles. The fourth-order valence-electron chi connectivity index (χ4n) is 2.42. The molecule has 1 atom stereocenters. The highest BCUT2D eigenvalue weighted by molar-refractivity contribution is 5.33. The lowest BCUT2D eigenvalue weighted by Gasteiger charge is -2.18. The highest BCUT2D eigenvalue weighted by atomic mass is 16.5. The van der Waals surface area contributed by atoms with Gasteiger partial charge in [-0.2, -0.15) is 0 Å². The van der Waals surface area contributed by atoms with Crippen molar-refractivity contribution in [2.24, 2.45) is 11.7 Å². The van der Waals surface area contributed by atoms with Crippen molar-refractivity contribution in [2.45, 2.75) is 19.9 Å². The molecule has 0 aromatic heterocycles. The lowest BCUT2D eigenvalue weighted by Crippen LogP contribution is -2.23. The molecule has 0 spiro atoms. The molecule has 0 radical (unpaired) electrons. The first-order valence-corrected chi connectivity index (χ1v) is 6.46. The predicted molar refractivity (Wildman–Crippen MR) is 70.0 cm³/mol. The molecule has 94 valence electrons. The third-order valence-electron chi connectivity index (χ3n) is 3.37. The van der Waals surface area contributed by atoms with Gasteiger partial charge >= 0.3 is 0 Å². The number of hydrogen-bond donors (Lipinski definition) is 1. The summed E-state index contributed by atoms with van der Waals surface area (Å²) in [5.41, 5.74) is 7.00. The van der Waals surface area contributed by atoms with Gasteiger partial charge in [0.25, 0.3) is 0 Å². The SMILES string of the molecule is CCOc1ccccc1CN1CCC(CN)C1. The smallest absolute Gasteiger partial charge is 0.123 e. The van der Waals surface area contributed by atoms with E-state index < -0.39 is 0 Å². The van der Waals surface area contributed by atoms with Crippen molar-refractivity contribution in [3.8, 4) is 5.75 Å². The number of ether oxygens (including phenoxy) is 1. The van der Waals surface area contributed by atoms with Crippen LogP contribution in [0, 0.1) is 5.92 Å². The first kappa shape index (κ1) is 12.4. The molecule has 0 bridgehead atoms. The van der Waals surface area contributed by atoms with Gasteiger partial charge in [-0.25, -0.2) is 0 Å². The molecule has 2 N–H and O–H groups in total. The summed E-state index contributed by atoms with van der Waals surface area (Å²) in [7, 11) is 0. The number of nitrogens with zero attached hydrogens (tertiary/aromatic N) is 1. The van der Waals surface area contributed by atoms with Crippen LogP contribution in [0.2, 0.25) is 0 Å². The largest absolute Gasteiger partial charge is 0.494 e. The van der Waals surface area contributed by atoms with Crippen LogP contribution >= 0.6 is 0 Å². The van der Waals surface area contributed by atoms with Gasteiger partial charge in [-0.3, -0.25) is 4.90 Å². The molecule has 3 nitrogen and oxygen atoms in total. The molecule has 1 saturated heterocycles. The Morgan fingerprint density at radius 3 is 2.94 bits per heavy atom. The summed E-state index contributed by atoms with van der Waals surface area (Å²) >= 11 is 0. The highest BCUT2D eigenvalue weighted by Crippen LogP contribution is 2.23. The first-order valence-electron chi connectivity index (χ1n) is 6.46. The Balaban J connectivity index is 1.98. The Bertz CT molecular complexity index is 354. The maximum atomic E-state index is 5.72. The van der Waals surface area contributed by atoms with Crippen molar-refractivity contribution in [1.29, 1.82) is 0 Å². The van der Waals surface area contributed by atoms with Gasteiger partial charge < -0.3 is 10.5 Å². The van der Waals surface area contributed by atoms with Crippen molar-refractivity contribution in [2.75, 3.05) is 26.2 Å². The molecule has 0 aliphatic carbocycles. The van der Waals surface area contributed by atoms with Crippen LogP contribution in [0.1, 0.15) is 18.9 Å². The maximum absolute atomic E-state index is 5.72. The molecule has 3 heteroatoms. The summed E-state index contributed by atoms with van der Waals surface area (Å²) in [4.78, 5) is 2.47. The molecule has 1 fully saturated rings. The number of para-hydroxylation sites is 1. The van der Waals surface area contributed by atoms with Crippen molar-refractivity contribution in [3.63, 3.8) is 0 Å². The molecule has 1 unspecified atom stereocenters. The lowest BCUT2D eigenvalue weighted by atomic mass is 10.1. The second kappa shape index (κ2) is 6.03. The normalized spacial score (nSPS) is 20.7. The monoisotopic (exact) mass is 234 g/mol. The van der Waals surface area contributed by atoms with Crippen molar-refractivity contribution in [3.05, 3.63) is 29.8 Å². The van der Waals surface area contributed by atoms with Crippen molar-refractivity contribution in [1.82, 2.24) is 4.90 Å². The maximum Gasteiger partial charge on any atom is 0.123 e.